The highest BCUT2D eigenvalue weighted by Gasteiger charge is 2.24. The molecule has 1 unspecified atom stereocenters. The van der Waals surface area contributed by atoms with Crippen LogP contribution in [0.3, 0.4) is 0 Å². The van der Waals surface area contributed by atoms with Gasteiger partial charge in [-0.2, -0.15) is 0 Å². The Hall–Kier alpha value is -0.610. The van der Waals surface area contributed by atoms with Gasteiger partial charge in [0.15, 0.2) is 0 Å². The lowest BCUT2D eigenvalue weighted by molar-refractivity contribution is -0.125. The third-order valence-corrected chi connectivity index (χ3v) is 3.29. The first-order valence-electron chi connectivity index (χ1n) is 6.87. The molecule has 0 saturated carbocycles. The smallest absolute Gasteiger partial charge is 0.237 e. The van der Waals surface area contributed by atoms with Crippen LogP contribution in [0.2, 0.25) is 0 Å². The average molecular weight is 257 g/mol. The topological polar surface area (TPSA) is 58.4 Å². The minimum absolute atomic E-state index is 0.0429. The van der Waals surface area contributed by atoms with Gasteiger partial charge in [0.1, 0.15) is 0 Å². The number of carbonyl (C=O) groups excluding carboxylic acids is 1. The van der Waals surface area contributed by atoms with Crippen LogP contribution in [0.4, 0.5) is 0 Å². The third-order valence-electron chi connectivity index (χ3n) is 3.29. The molecule has 0 aliphatic rings. The van der Waals surface area contributed by atoms with Crippen molar-refractivity contribution >= 4 is 5.91 Å². The van der Waals surface area contributed by atoms with Gasteiger partial charge in [-0.25, -0.2) is 0 Å². The molecule has 0 heterocycles. The Morgan fingerprint density at radius 3 is 2.33 bits per heavy atom. The summed E-state index contributed by atoms with van der Waals surface area (Å²) in [6.07, 6.45) is 1.02. The van der Waals surface area contributed by atoms with Gasteiger partial charge in [0.2, 0.25) is 5.91 Å². The molecule has 4 heteroatoms. The number of likely N-dealkylation sites (N-methyl/N-ethyl adjacent to an activating group) is 1. The molecular formula is C14H31N3O. The first-order valence-corrected chi connectivity index (χ1v) is 6.87. The van der Waals surface area contributed by atoms with Crippen molar-refractivity contribution in [3.63, 3.8) is 0 Å². The predicted octanol–water partition coefficient (Wildman–Crippen LogP) is 1.45. The van der Waals surface area contributed by atoms with Crippen LogP contribution in [0.5, 0.6) is 0 Å². The maximum absolute atomic E-state index is 12.0. The van der Waals surface area contributed by atoms with Gasteiger partial charge in [0, 0.05) is 13.1 Å². The van der Waals surface area contributed by atoms with E-state index >= 15 is 0 Å². The van der Waals surface area contributed by atoms with Gasteiger partial charge >= 0.3 is 0 Å². The second-order valence-electron chi connectivity index (χ2n) is 6.43. The molecular weight excluding hydrogens is 226 g/mol. The molecule has 0 radical (unpaired) electrons. The van der Waals surface area contributed by atoms with Gasteiger partial charge in [0.25, 0.3) is 0 Å². The number of hydrogen-bond donors (Lipinski definition) is 2. The molecule has 18 heavy (non-hydrogen) atoms. The molecule has 0 bridgehead atoms. The van der Waals surface area contributed by atoms with Crippen LogP contribution in [0.1, 0.15) is 41.0 Å². The van der Waals surface area contributed by atoms with E-state index in [1.807, 2.05) is 14.0 Å². The molecule has 0 aliphatic heterocycles. The van der Waals surface area contributed by atoms with Crippen LogP contribution in [-0.2, 0) is 4.79 Å². The van der Waals surface area contributed by atoms with Crippen molar-refractivity contribution in [2.24, 2.45) is 17.1 Å². The molecule has 0 rings (SSSR count). The number of carbonyl (C=O) groups is 1. The molecule has 3 N–H and O–H groups in total. The van der Waals surface area contributed by atoms with E-state index in [2.05, 4.69) is 37.9 Å². The minimum atomic E-state index is -0.108. The predicted molar refractivity (Wildman–Crippen MR) is 77.4 cm³/mol. The number of nitrogens with one attached hydrogen (secondary N) is 1. The van der Waals surface area contributed by atoms with Gasteiger partial charge in [-0.05, 0) is 38.3 Å². The Kier molecular flexibility index (Phi) is 7.48. The highest BCUT2D eigenvalue weighted by atomic mass is 16.2. The summed E-state index contributed by atoms with van der Waals surface area (Å²) in [5.74, 6) is 0.723. The van der Waals surface area contributed by atoms with Gasteiger partial charge < -0.3 is 11.1 Å². The summed E-state index contributed by atoms with van der Waals surface area (Å²) >= 11 is 0. The van der Waals surface area contributed by atoms with Crippen LogP contribution >= 0.6 is 0 Å². The maximum atomic E-state index is 12.0. The van der Waals surface area contributed by atoms with Crippen LogP contribution < -0.4 is 11.1 Å². The van der Waals surface area contributed by atoms with E-state index in [4.69, 9.17) is 5.73 Å². The molecule has 0 aromatic carbocycles. The first kappa shape index (κ1) is 17.4. The molecule has 0 spiro atoms. The summed E-state index contributed by atoms with van der Waals surface area (Å²) in [4.78, 5) is 14.0. The summed E-state index contributed by atoms with van der Waals surface area (Å²) in [5, 5.41) is 2.99. The summed E-state index contributed by atoms with van der Waals surface area (Å²) < 4.78 is 0. The highest BCUT2D eigenvalue weighted by molar-refractivity contribution is 5.81. The largest absolute Gasteiger partial charge is 0.355 e. The lowest BCUT2D eigenvalue weighted by Crippen LogP contribution is -2.48. The Labute approximate surface area is 112 Å². The summed E-state index contributed by atoms with van der Waals surface area (Å²) in [6, 6.07) is -0.108. The molecule has 108 valence electrons. The molecule has 0 saturated heterocycles. The fraction of sp³-hybridized carbons (Fsp3) is 0.929. The van der Waals surface area contributed by atoms with E-state index < -0.39 is 0 Å². The van der Waals surface area contributed by atoms with Crippen molar-refractivity contribution in [2.45, 2.75) is 47.1 Å². The fourth-order valence-electron chi connectivity index (χ4n) is 1.71. The van der Waals surface area contributed by atoms with Crippen LogP contribution in [0.25, 0.3) is 0 Å². The van der Waals surface area contributed by atoms with E-state index in [1.165, 1.54) is 0 Å². The quantitative estimate of drug-likeness (QED) is 0.692. The summed E-state index contributed by atoms with van der Waals surface area (Å²) in [5.41, 5.74) is 5.76. The Balaban J connectivity index is 4.12. The average Bonchev–Trinajstić information content (AvgIpc) is 2.26. The zero-order valence-electron chi connectivity index (χ0n) is 12.9. The number of nitrogens with zero attached hydrogens (tertiary/aromatic N) is 1. The molecule has 1 atom stereocenters. The zero-order chi connectivity index (χ0) is 14.3. The normalized spacial score (nSPS) is 14.1. The summed E-state index contributed by atoms with van der Waals surface area (Å²) in [7, 11) is 1.98. The van der Waals surface area contributed by atoms with Crippen LogP contribution in [0, 0.1) is 11.3 Å². The molecule has 0 aromatic heterocycles. The van der Waals surface area contributed by atoms with Crippen LogP contribution in [0.15, 0.2) is 0 Å². The van der Waals surface area contributed by atoms with E-state index in [9.17, 15) is 4.79 Å². The lowest BCUT2D eigenvalue weighted by atomic mass is 9.93. The number of nitrogens with two attached hydrogens (primary N) is 1. The van der Waals surface area contributed by atoms with Crippen molar-refractivity contribution in [3.8, 4) is 0 Å². The first-order chi connectivity index (χ1) is 8.19. The van der Waals surface area contributed by atoms with Gasteiger partial charge in [-0.3, -0.25) is 9.69 Å². The van der Waals surface area contributed by atoms with E-state index in [0.717, 1.165) is 19.5 Å². The molecule has 0 fully saturated rings. The highest BCUT2D eigenvalue weighted by Crippen LogP contribution is 2.15. The lowest BCUT2D eigenvalue weighted by Gasteiger charge is -2.32. The van der Waals surface area contributed by atoms with Crippen molar-refractivity contribution in [1.82, 2.24) is 10.2 Å². The molecule has 4 nitrogen and oxygen atoms in total. The van der Waals surface area contributed by atoms with Gasteiger partial charge in [0.05, 0.1) is 6.04 Å². The SMILES string of the molecule is CC(C)CCNC(=O)C(C)N(C)CC(C)(C)CN. The van der Waals surface area contributed by atoms with Crippen molar-refractivity contribution in [3.05, 3.63) is 0 Å². The maximum Gasteiger partial charge on any atom is 0.237 e. The second kappa shape index (κ2) is 7.74. The Morgan fingerprint density at radius 1 is 1.33 bits per heavy atom. The number of amides is 1. The molecule has 1 amide bonds. The monoisotopic (exact) mass is 257 g/mol. The number of rotatable bonds is 8. The van der Waals surface area contributed by atoms with E-state index in [-0.39, 0.29) is 17.4 Å². The standard InChI is InChI=1S/C14H31N3O/c1-11(2)7-8-16-13(18)12(3)17(6)10-14(4,5)9-15/h11-12H,7-10,15H2,1-6H3,(H,16,18). The number of hydrogen-bond acceptors (Lipinski definition) is 3. The summed E-state index contributed by atoms with van der Waals surface area (Å²) in [6.45, 7) is 12.7. The van der Waals surface area contributed by atoms with E-state index in [0.29, 0.717) is 12.5 Å². The fourth-order valence-corrected chi connectivity index (χ4v) is 1.71. The zero-order valence-corrected chi connectivity index (χ0v) is 12.9. The molecule has 0 aliphatic carbocycles. The van der Waals surface area contributed by atoms with E-state index in [1.54, 1.807) is 0 Å². The van der Waals surface area contributed by atoms with Crippen molar-refractivity contribution in [2.75, 3.05) is 26.7 Å². The van der Waals surface area contributed by atoms with Crippen molar-refractivity contribution in [1.29, 1.82) is 0 Å². The Morgan fingerprint density at radius 2 is 1.89 bits per heavy atom. The van der Waals surface area contributed by atoms with Gasteiger partial charge in [-0.15, -0.1) is 0 Å². The third kappa shape index (κ3) is 6.97. The second-order valence-corrected chi connectivity index (χ2v) is 6.43. The van der Waals surface area contributed by atoms with Crippen LogP contribution in [-0.4, -0.2) is 43.5 Å². The van der Waals surface area contributed by atoms with Gasteiger partial charge in [-0.1, -0.05) is 27.7 Å². The molecule has 0 aromatic rings. The Bertz CT molecular complexity index is 251. The van der Waals surface area contributed by atoms with Crippen molar-refractivity contribution < 1.29 is 4.79 Å². The minimum Gasteiger partial charge on any atom is -0.355 e.